The fourth-order valence-corrected chi connectivity index (χ4v) is 3.22. The number of ether oxygens (including phenoxy) is 1. The third-order valence-corrected chi connectivity index (χ3v) is 4.84. The summed E-state index contributed by atoms with van der Waals surface area (Å²) in [5.41, 5.74) is 0. The number of carbonyl (C=O) groups is 2. The zero-order chi connectivity index (χ0) is 17.5. The topological polar surface area (TPSA) is 90.9 Å². The molecule has 2 fully saturated rings. The first-order chi connectivity index (χ1) is 11.5. The van der Waals surface area contributed by atoms with Crippen LogP contribution in [0, 0.1) is 5.92 Å². The molecule has 1 aliphatic carbocycles. The lowest BCUT2D eigenvalue weighted by molar-refractivity contribution is -0.130. The Morgan fingerprint density at radius 1 is 1.21 bits per heavy atom. The SMILES string of the molecule is CN(C)CC(=O)N[C@H]1CC[C@H](CCNC(=O)C2CCC2)O[C@@H]1CO. The average molecular weight is 341 g/mol. The molecule has 7 heteroatoms. The van der Waals surface area contributed by atoms with Gasteiger partial charge in [0.2, 0.25) is 11.8 Å². The van der Waals surface area contributed by atoms with E-state index in [9.17, 15) is 14.7 Å². The first kappa shape index (κ1) is 19.1. The van der Waals surface area contributed by atoms with Crippen LogP contribution in [0.2, 0.25) is 0 Å². The van der Waals surface area contributed by atoms with Crippen LogP contribution in [-0.4, -0.2) is 73.9 Å². The molecule has 2 amide bonds. The molecule has 138 valence electrons. The Bertz CT molecular complexity index is 426. The van der Waals surface area contributed by atoms with Gasteiger partial charge in [-0.15, -0.1) is 0 Å². The van der Waals surface area contributed by atoms with Crippen molar-refractivity contribution in [3.05, 3.63) is 0 Å². The number of hydrogen-bond donors (Lipinski definition) is 3. The molecule has 1 saturated carbocycles. The molecule has 3 N–H and O–H groups in total. The lowest BCUT2D eigenvalue weighted by Crippen LogP contribution is -2.52. The number of likely N-dealkylation sites (N-methyl/N-ethyl adjacent to an activating group) is 1. The van der Waals surface area contributed by atoms with Gasteiger partial charge < -0.3 is 25.4 Å². The molecule has 24 heavy (non-hydrogen) atoms. The fraction of sp³-hybridized carbons (Fsp3) is 0.882. The number of nitrogens with zero attached hydrogens (tertiary/aromatic N) is 1. The van der Waals surface area contributed by atoms with Crippen molar-refractivity contribution >= 4 is 11.8 Å². The van der Waals surface area contributed by atoms with E-state index in [1.165, 1.54) is 0 Å². The van der Waals surface area contributed by atoms with Gasteiger partial charge in [-0.1, -0.05) is 6.42 Å². The molecule has 1 heterocycles. The number of aliphatic hydroxyl groups excluding tert-OH is 1. The van der Waals surface area contributed by atoms with Gasteiger partial charge in [-0.3, -0.25) is 9.59 Å². The van der Waals surface area contributed by atoms with Crippen molar-refractivity contribution in [3.8, 4) is 0 Å². The van der Waals surface area contributed by atoms with Crippen molar-refractivity contribution in [3.63, 3.8) is 0 Å². The molecule has 0 spiro atoms. The summed E-state index contributed by atoms with van der Waals surface area (Å²) in [6, 6.07) is -0.150. The van der Waals surface area contributed by atoms with E-state index in [0.717, 1.165) is 38.5 Å². The monoisotopic (exact) mass is 341 g/mol. The molecule has 2 rings (SSSR count). The number of nitrogens with one attached hydrogen (secondary N) is 2. The second-order valence-electron chi connectivity index (χ2n) is 7.18. The van der Waals surface area contributed by atoms with E-state index in [1.807, 2.05) is 14.1 Å². The summed E-state index contributed by atoms with van der Waals surface area (Å²) in [7, 11) is 3.68. The van der Waals surface area contributed by atoms with E-state index in [2.05, 4.69) is 10.6 Å². The summed E-state index contributed by atoms with van der Waals surface area (Å²) in [6.07, 6.45) is 5.16. The standard InChI is InChI=1S/C17H31N3O4/c1-20(2)10-16(22)19-14-7-6-13(24-15(14)11-21)8-9-18-17(23)12-4-3-5-12/h12-15,21H,3-11H2,1-2H3,(H,18,23)(H,19,22)/t13-,14+,15-/m1/s1. The van der Waals surface area contributed by atoms with Crippen LogP contribution in [0.15, 0.2) is 0 Å². The highest BCUT2D eigenvalue weighted by molar-refractivity contribution is 5.79. The molecule has 7 nitrogen and oxygen atoms in total. The van der Waals surface area contributed by atoms with Gasteiger partial charge >= 0.3 is 0 Å². The minimum Gasteiger partial charge on any atom is -0.394 e. The van der Waals surface area contributed by atoms with Crippen molar-refractivity contribution in [2.45, 2.75) is 56.8 Å². The maximum Gasteiger partial charge on any atom is 0.234 e. The van der Waals surface area contributed by atoms with Gasteiger partial charge in [0.1, 0.15) is 6.10 Å². The van der Waals surface area contributed by atoms with Gasteiger partial charge in [-0.2, -0.15) is 0 Å². The molecule has 2 aliphatic rings. The average Bonchev–Trinajstić information content (AvgIpc) is 2.45. The zero-order valence-corrected chi connectivity index (χ0v) is 14.8. The zero-order valence-electron chi connectivity index (χ0n) is 14.8. The Morgan fingerprint density at radius 3 is 2.54 bits per heavy atom. The van der Waals surface area contributed by atoms with Crippen molar-refractivity contribution in [2.75, 3.05) is 33.8 Å². The molecule has 3 atom stereocenters. The van der Waals surface area contributed by atoms with E-state index >= 15 is 0 Å². The summed E-state index contributed by atoms with van der Waals surface area (Å²) in [4.78, 5) is 25.5. The van der Waals surface area contributed by atoms with Crippen molar-refractivity contribution in [1.29, 1.82) is 0 Å². The summed E-state index contributed by atoms with van der Waals surface area (Å²) >= 11 is 0. The number of carbonyl (C=O) groups excluding carboxylic acids is 2. The quantitative estimate of drug-likeness (QED) is 0.573. The van der Waals surface area contributed by atoms with E-state index in [4.69, 9.17) is 4.74 Å². The fourth-order valence-electron chi connectivity index (χ4n) is 3.22. The van der Waals surface area contributed by atoms with Gasteiger partial charge in [0, 0.05) is 12.5 Å². The molecule has 0 bridgehead atoms. The molecule has 0 radical (unpaired) electrons. The lowest BCUT2D eigenvalue weighted by atomic mass is 9.85. The Labute approximate surface area is 144 Å². The third kappa shape index (κ3) is 5.72. The largest absolute Gasteiger partial charge is 0.394 e. The number of rotatable bonds is 8. The van der Waals surface area contributed by atoms with Crippen LogP contribution in [-0.2, 0) is 14.3 Å². The van der Waals surface area contributed by atoms with Gasteiger partial charge in [0.25, 0.3) is 0 Å². The Balaban J connectivity index is 1.69. The third-order valence-electron chi connectivity index (χ3n) is 4.84. The normalized spacial score (nSPS) is 27.6. The number of aliphatic hydroxyl groups is 1. The predicted molar refractivity (Wildman–Crippen MR) is 90.4 cm³/mol. The smallest absolute Gasteiger partial charge is 0.234 e. The minimum absolute atomic E-state index is 0.0193. The highest BCUT2D eigenvalue weighted by Crippen LogP contribution is 2.26. The van der Waals surface area contributed by atoms with E-state index < -0.39 is 0 Å². The predicted octanol–water partition coefficient (Wildman–Crippen LogP) is -0.121. The molecule has 1 aliphatic heterocycles. The maximum atomic E-state index is 11.9. The first-order valence-corrected chi connectivity index (χ1v) is 8.97. The van der Waals surface area contributed by atoms with E-state index in [1.54, 1.807) is 4.90 Å². The molecule has 0 aromatic heterocycles. The Morgan fingerprint density at radius 2 is 1.96 bits per heavy atom. The summed E-state index contributed by atoms with van der Waals surface area (Å²) in [6.45, 7) is 0.818. The van der Waals surface area contributed by atoms with Gasteiger partial charge in [0.15, 0.2) is 0 Å². The van der Waals surface area contributed by atoms with Crippen molar-refractivity contribution in [1.82, 2.24) is 15.5 Å². The highest BCUT2D eigenvalue weighted by Gasteiger charge is 2.32. The van der Waals surface area contributed by atoms with E-state index in [-0.39, 0.29) is 42.6 Å². The van der Waals surface area contributed by atoms with Crippen molar-refractivity contribution in [2.24, 2.45) is 5.92 Å². The van der Waals surface area contributed by atoms with Crippen LogP contribution in [0.3, 0.4) is 0 Å². The van der Waals surface area contributed by atoms with E-state index in [0.29, 0.717) is 13.1 Å². The van der Waals surface area contributed by atoms with Crippen LogP contribution in [0.25, 0.3) is 0 Å². The van der Waals surface area contributed by atoms with Crippen molar-refractivity contribution < 1.29 is 19.4 Å². The highest BCUT2D eigenvalue weighted by atomic mass is 16.5. The maximum absolute atomic E-state index is 11.9. The molecule has 1 saturated heterocycles. The first-order valence-electron chi connectivity index (χ1n) is 8.97. The number of hydrogen-bond acceptors (Lipinski definition) is 5. The summed E-state index contributed by atoms with van der Waals surface area (Å²) < 4.78 is 5.91. The lowest BCUT2D eigenvalue weighted by Gasteiger charge is -2.36. The number of amides is 2. The van der Waals surface area contributed by atoms with Crippen LogP contribution >= 0.6 is 0 Å². The van der Waals surface area contributed by atoms with Gasteiger partial charge in [-0.05, 0) is 46.2 Å². The van der Waals surface area contributed by atoms with Crippen LogP contribution in [0.1, 0.15) is 38.5 Å². The molecular formula is C17H31N3O4. The second kappa shape index (κ2) is 9.34. The second-order valence-corrected chi connectivity index (χ2v) is 7.18. The Kier molecular flexibility index (Phi) is 7.45. The Hall–Kier alpha value is -1.18. The molecule has 0 unspecified atom stereocenters. The van der Waals surface area contributed by atoms with Gasteiger partial charge in [0.05, 0.1) is 25.3 Å². The molecule has 0 aromatic rings. The van der Waals surface area contributed by atoms with Crippen LogP contribution in [0.4, 0.5) is 0 Å². The minimum atomic E-state index is -0.378. The molecule has 0 aromatic carbocycles. The van der Waals surface area contributed by atoms with Crippen LogP contribution in [0.5, 0.6) is 0 Å². The van der Waals surface area contributed by atoms with Crippen LogP contribution < -0.4 is 10.6 Å². The summed E-state index contributed by atoms with van der Waals surface area (Å²) in [5.74, 6) is 0.307. The molecular weight excluding hydrogens is 310 g/mol. The summed E-state index contributed by atoms with van der Waals surface area (Å²) in [5, 5.41) is 15.5. The van der Waals surface area contributed by atoms with Gasteiger partial charge in [-0.25, -0.2) is 0 Å².